The third-order valence-electron chi connectivity index (χ3n) is 2.94. The Kier molecular flexibility index (Phi) is 4.47. The van der Waals surface area contributed by atoms with Crippen molar-refractivity contribution >= 4 is 11.8 Å². The van der Waals surface area contributed by atoms with Gasteiger partial charge in [-0.3, -0.25) is 9.59 Å². The van der Waals surface area contributed by atoms with Crippen LogP contribution >= 0.6 is 0 Å². The molecule has 1 heterocycles. The maximum atomic E-state index is 12.0. The van der Waals surface area contributed by atoms with Gasteiger partial charge in [-0.25, -0.2) is 0 Å². The Hall–Kier alpha value is -1.14. The molecule has 2 atom stereocenters. The molecule has 1 aliphatic heterocycles. The second-order valence-corrected chi connectivity index (χ2v) is 4.79. The van der Waals surface area contributed by atoms with E-state index in [1.165, 1.54) is 0 Å². The van der Waals surface area contributed by atoms with E-state index in [2.05, 4.69) is 10.6 Å². The maximum absolute atomic E-state index is 12.0. The largest absolute Gasteiger partial charge is 0.379 e. The molecule has 98 valence electrons. The number of likely N-dealkylation sites (N-methyl/N-ethyl adjacent to an activating group) is 1. The highest BCUT2D eigenvalue weighted by Gasteiger charge is 2.37. The molecular formula is C11H21N3O3. The average Bonchev–Trinajstić information content (AvgIpc) is 2.65. The minimum atomic E-state index is -1.03. The van der Waals surface area contributed by atoms with Gasteiger partial charge in [0, 0.05) is 6.04 Å². The van der Waals surface area contributed by atoms with Gasteiger partial charge in [0.1, 0.15) is 5.54 Å². The monoisotopic (exact) mass is 243 g/mol. The molecule has 0 spiro atoms. The summed E-state index contributed by atoms with van der Waals surface area (Å²) in [5, 5.41) is 5.84. The van der Waals surface area contributed by atoms with Crippen LogP contribution in [-0.2, 0) is 14.3 Å². The summed E-state index contributed by atoms with van der Waals surface area (Å²) in [6.45, 7) is 6.81. The Bertz CT molecular complexity index is 304. The molecule has 0 radical (unpaired) electrons. The fraction of sp³-hybridized carbons (Fsp3) is 0.818. The topological polar surface area (TPSA) is 93.4 Å². The molecule has 0 aliphatic carbocycles. The first kappa shape index (κ1) is 13.9. The quantitative estimate of drug-likeness (QED) is 0.577. The summed E-state index contributed by atoms with van der Waals surface area (Å²) in [6, 6.07) is 0.00340. The zero-order valence-corrected chi connectivity index (χ0v) is 10.6. The molecule has 1 rings (SSSR count). The smallest absolute Gasteiger partial charge is 0.242 e. The minimum Gasteiger partial charge on any atom is -0.379 e. The number of hydrogen-bond acceptors (Lipinski definition) is 4. The molecular weight excluding hydrogens is 222 g/mol. The van der Waals surface area contributed by atoms with Crippen molar-refractivity contribution in [1.29, 1.82) is 0 Å². The van der Waals surface area contributed by atoms with Crippen LogP contribution in [0.5, 0.6) is 0 Å². The maximum Gasteiger partial charge on any atom is 0.242 e. The molecule has 6 nitrogen and oxygen atoms in total. The summed E-state index contributed by atoms with van der Waals surface area (Å²) in [4.78, 5) is 23.2. The van der Waals surface area contributed by atoms with Crippen LogP contribution in [0.3, 0.4) is 0 Å². The van der Waals surface area contributed by atoms with E-state index in [0.29, 0.717) is 13.2 Å². The Morgan fingerprint density at radius 3 is 2.59 bits per heavy atom. The van der Waals surface area contributed by atoms with Gasteiger partial charge in [0.2, 0.25) is 11.8 Å². The van der Waals surface area contributed by atoms with Crippen LogP contribution < -0.4 is 16.4 Å². The first-order valence-corrected chi connectivity index (χ1v) is 5.81. The van der Waals surface area contributed by atoms with E-state index < -0.39 is 11.4 Å². The highest BCUT2D eigenvalue weighted by molar-refractivity contribution is 5.90. The molecule has 0 bridgehead atoms. The Morgan fingerprint density at radius 2 is 2.06 bits per heavy atom. The third kappa shape index (κ3) is 3.41. The number of nitrogens with one attached hydrogen (secondary N) is 2. The Labute approximate surface area is 101 Å². The van der Waals surface area contributed by atoms with Crippen molar-refractivity contribution in [1.82, 2.24) is 10.6 Å². The van der Waals surface area contributed by atoms with Crippen molar-refractivity contribution in [3.8, 4) is 0 Å². The van der Waals surface area contributed by atoms with Gasteiger partial charge in [0.15, 0.2) is 0 Å². The van der Waals surface area contributed by atoms with E-state index in [1.54, 1.807) is 13.8 Å². The van der Waals surface area contributed by atoms with Gasteiger partial charge in [0.05, 0.1) is 19.1 Å². The molecule has 4 N–H and O–H groups in total. The van der Waals surface area contributed by atoms with Gasteiger partial charge in [-0.1, -0.05) is 6.92 Å². The number of ether oxygens (including phenoxy) is 1. The molecule has 6 heteroatoms. The summed E-state index contributed by atoms with van der Waals surface area (Å²) in [7, 11) is 0. The number of nitrogens with two attached hydrogens (primary N) is 1. The predicted molar refractivity (Wildman–Crippen MR) is 63.2 cm³/mol. The fourth-order valence-electron chi connectivity index (χ4n) is 1.74. The molecule has 2 amide bonds. The van der Waals surface area contributed by atoms with Crippen LogP contribution in [0.15, 0.2) is 0 Å². The normalized spacial score (nSPS) is 24.6. The highest BCUT2D eigenvalue weighted by Crippen LogP contribution is 2.15. The summed E-state index contributed by atoms with van der Waals surface area (Å²) >= 11 is 0. The summed E-state index contributed by atoms with van der Waals surface area (Å²) in [5.41, 5.74) is 4.18. The Morgan fingerprint density at radius 1 is 1.41 bits per heavy atom. The van der Waals surface area contributed by atoms with Crippen molar-refractivity contribution in [2.24, 2.45) is 11.7 Å². The van der Waals surface area contributed by atoms with Crippen LogP contribution in [0.25, 0.3) is 0 Å². The summed E-state index contributed by atoms with van der Waals surface area (Å²) in [6.07, 6.45) is 0. The van der Waals surface area contributed by atoms with Crippen LogP contribution in [0.1, 0.15) is 20.8 Å². The second kappa shape index (κ2) is 5.46. The second-order valence-electron chi connectivity index (χ2n) is 4.79. The van der Waals surface area contributed by atoms with Gasteiger partial charge < -0.3 is 21.1 Å². The van der Waals surface area contributed by atoms with E-state index in [9.17, 15) is 9.59 Å². The molecule has 0 saturated carbocycles. The average molecular weight is 243 g/mol. The standard InChI is InChI=1S/C11H21N3O3/c1-4-13-8-6-17-5-7(8)9(15)14-11(2,3)10(12)16/h7-8,13H,4-6H2,1-3H3,(H2,12,16)(H,14,15). The molecule has 0 aromatic heterocycles. The number of rotatable bonds is 5. The highest BCUT2D eigenvalue weighted by atomic mass is 16.5. The molecule has 1 aliphatic rings. The first-order chi connectivity index (χ1) is 7.88. The SMILES string of the molecule is CCNC1COCC1C(=O)NC(C)(C)C(N)=O. The molecule has 1 saturated heterocycles. The number of amides is 2. The lowest BCUT2D eigenvalue weighted by atomic mass is 9.99. The lowest BCUT2D eigenvalue weighted by Crippen LogP contribution is -2.56. The van der Waals surface area contributed by atoms with E-state index in [1.807, 2.05) is 6.92 Å². The number of carbonyl (C=O) groups is 2. The lowest BCUT2D eigenvalue weighted by molar-refractivity contribution is -0.133. The zero-order valence-electron chi connectivity index (χ0n) is 10.6. The van der Waals surface area contributed by atoms with Crippen molar-refractivity contribution in [2.45, 2.75) is 32.4 Å². The number of hydrogen-bond donors (Lipinski definition) is 3. The predicted octanol–water partition coefficient (Wildman–Crippen LogP) is -1.01. The number of primary amides is 1. The van der Waals surface area contributed by atoms with Crippen LogP contribution in [-0.4, -0.2) is 43.2 Å². The summed E-state index contributed by atoms with van der Waals surface area (Å²) in [5.74, 6) is -1.02. The van der Waals surface area contributed by atoms with Crippen LogP contribution in [0.2, 0.25) is 0 Å². The van der Waals surface area contributed by atoms with Gasteiger partial charge in [-0.05, 0) is 20.4 Å². The van der Waals surface area contributed by atoms with E-state index in [4.69, 9.17) is 10.5 Å². The molecule has 0 aromatic rings. The first-order valence-electron chi connectivity index (χ1n) is 5.81. The van der Waals surface area contributed by atoms with Gasteiger partial charge in [-0.15, -0.1) is 0 Å². The van der Waals surface area contributed by atoms with Crippen molar-refractivity contribution < 1.29 is 14.3 Å². The molecule has 0 aromatic carbocycles. The minimum absolute atomic E-state index is 0.00340. The molecule has 1 fully saturated rings. The van der Waals surface area contributed by atoms with Crippen molar-refractivity contribution in [3.63, 3.8) is 0 Å². The molecule has 17 heavy (non-hydrogen) atoms. The van der Waals surface area contributed by atoms with E-state index >= 15 is 0 Å². The summed E-state index contributed by atoms with van der Waals surface area (Å²) < 4.78 is 5.28. The van der Waals surface area contributed by atoms with Gasteiger partial charge in [-0.2, -0.15) is 0 Å². The van der Waals surface area contributed by atoms with Crippen molar-refractivity contribution in [3.05, 3.63) is 0 Å². The number of carbonyl (C=O) groups excluding carboxylic acids is 2. The van der Waals surface area contributed by atoms with E-state index in [0.717, 1.165) is 6.54 Å². The lowest BCUT2D eigenvalue weighted by Gasteiger charge is -2.26. The van der Waals surface area contributed by atoms with Crippen molar-refractivity contribution in [2.75, 3.05) is 19.8 Å². The van der Waals surface area contributed by atoms with Gasteiger partial charge >= 0.3 is 0 Å². The molecule has 2 unspecified atom stereocenters. The van der Waals surface area contributed by atoms with Crippen LogP contribution in [0, 0.1) is 5.92 Å². The van der Waals surface area contributed by atoms with E-state index in [-0.39, 0.29) is 17.9 Å². The third-order valence-corrected chi connectivity index (χ3v) is 2.94. The van der Waals surface area contributed by atoms with Crippen LogP contribution in [0.4, 0.5) is 0 Å². The zero-order chi connectivity index (χ0) is 13.1. The van der Waals surface area contributed by atoms with Gasteiger partial charge in [0.25, 0.3) is 0 Å². The fourth-order valence-corrected chi connectivity index (χ4v) is 1.74. The Balaban J connectivity index is 2.61.